The maximum atomic E-state index is 12.3. The van der Waals surface area contributed by atoms with Crippen LogP contribution in [0.4, 0.5) is 0 Å². The molecule has 0 amide bonds. The van der Waals surface area contributed by atoms with E-state index in [4.69, 9.17) is 28.4 Å². The number of carbonyl (C=O) groups excluding carboxylic acids is 1. The van der Waals surface area contributed by atoms with Crippen LogP contribution in [0, 0.1) is 50.2 Å². The van der Waals surface area contributed by atoms with Crippen molar-refractivity contribution in [2.24, 2.45) is 50.2 Å². The fourth-order valence-electron chi connectivity index (χ4n) is 15.3. The second-order valence-corrected chi connectivity index (χ2v) is 22.4. The van der Waals surface area contributed by atoms with Crippen molar-refractivity contribution in [3.8, 4) is 0 Å². The van der Waals surface area contributed by atoms with Gasteiger partial charge in [-0.05, 0) is 109 Å². The van der Waals surface area contributed by atoms with Gasteiger partial charge < -0.3 is 64.2 Å². The van der Waals surface area contributed by atoms with E-state index in [9.17, 15) is 40.5 Å². The Balaban J connectivity index is 1.15. The zero-order valence-corrected chi connectivity index (χ0v) is 36.0. The van der Waals surface area contributed by atoms with Crippen LogP contribution in [-0.2, 0) is 33.2 Å². The minimum atomic E-state index is -1.60. The fourth-order valence-corrected chi connectivity index (χ4v) is 15.3. The van der Waals surface area contributed by atoms with Crippen LogP contribution < -0.4 is 0 Å². The van der Waals surface area contributed by atoms with Crippen LogP contribution in [0.5, 0.6) is 0 Å². The molecule has 7 N–H and O–H groups in total. The molecule has 0 aromatic rings. The third-order valence-electron chi connectivity index (χ3n) is 18.1. The lowest BCUT2D eigenvalue weighted by Crippen LogP contribution is -2.65. The number of rotatable bonds is 7. The van der Waals surface area contributed by atoms with E-state index in [2.05, 4.69) is 55.4 Å². The molecular weight excluding hydrogens is 752 g/mol. The van der Waals surface area contributed by atoms with Crippen LogP contribution in [0.1, 0.15) is 120 Å². The maximum Gasteiger partial charge on any atom is 0.303 e. The average Bonchev–Trinajstić information content (AvgIpc) is 3.50. The van der Waals surface area contributed by atoms with Gasteiger partial charge in [-0.25, -0.2) is 0 Å². The van der Waals surface area contributed by atoms with Crippen LogP contribution in [-0.4, -0.2) is 140 Å². The van der Waals surface area contributed by atoms with E-state index in [1.807, 2.05) is 0 Å². The molecule has 14 nitrogen and oxygen atoms in total. The van der Waals surface area contributed by atoms with Gasteiger partial charge in [-0.1, -0.05) is 48.5 Å². The number of fused-ring (bicyclic) bond motifs is 2. The smallest absolute Gasteiger partial charge is 0.303 e. The van der Waals surface area contributed by atoms with E-state index in [0.29, 0.717) is 19.3 Å². The summed E-state index contributed by atoms with van der Waals surface area (Å²) in [4.78, 5) is 12.1. The Morgan fingerprint density at radius 2 is 1.48 bits per heavy atom. The molecule has 14 heteroatoms. The van der Waals surface area contributed by atoms with E-state index in [-0.39, 0.29) is 57.5 Å². The van der Waals surface area contributed by atoms with Crippen molar-refractivity contribution in [1.82, 2.24) is 0 Å². The molecule has 0 radical (unpaired) electrons. The number of carbonyl (C=O) groups is 1. The summed E-state index contributed by atoms with van der Waals surface area (Å²) in [5.74, 6) is -0.732. The lowest BCUT2D eigenvalue weighted by atomic mass is 9.41. The van der Waals surface area contributed by atoms with Crippen molar-refractivity contribution >= 4 is 5.97 Å². The number of ether oxygens (including phenoxy) is 6. The summed E-state index contributed by atoms with van der Waals surface area (Å²) in [6.45, 7) is 18.4. The SMILES string of the molecule is CC(=O)OC1C(O[C@H]2CCC34CC35CC[C@]3(C)C([C@@]6(C)CCC(C(C)(C)C)O6)[C@@H](O)C[C@@]3(C)C5C[C@H](OC3OC(CO)C(O)C(O)C3O)C4C2(C)C)OCC(O)C1O. The van der Waals surface area contributed by atoms with Gasteiger partial charge in [0.15, 0.2) is 18.7 Å². The summed E-state index contributed by atoms with van der Waals surface area (Å²) in [5.41, 5.74) is -1.92. The standard InChI is InChI=1S/C44H72O14/c1-21(46)54-33-29(49)23(48)19-53-37(33)57-28-11-13-44-20-43(44)15-14-40(7)34(42(9)12-10-27(58-42)38(2,3)4)22(47)17-41(40,8)26(43)16-24(35(44)39(28,5)6)55-36-32(52)31(51)30(50)25(18-45)56-36/h22-37,45,47-52H,10-20H2,1-9H3/t22-,23?,24-,25?,26?,27?,28-,29?,30?,31?,32?,33?,34?,35?,36?,37?,40+,41-,42+,43?,44?/m0/s1. The summed E-state index contributed by atoms with van der Waals surface area (Å²) in [5, 5.41) is 76.5. The molecule has 3 aliphatic heterocycles. The Hall–Kier alpha value is -1.01. The normalized spacial score (nSPS) is 56.1. The summed E-state index contributed by atoms with van der Waals surface area (Å²) in [6.07, 6.45) is -6.22. The number of aliphatic hydroxyl groups is 7. The molecule has 15 unspecified atom stereocenters. The number of aliphatic hydroxyl groups excluding tert-OH is 7. The number of hydrogen-bond donors (Lipinski definition) is 7. The first kappa shape index (κ1) is 43.6. The molecule has 58 heavy (non-hydrogen) atoms. The zero-order chi connectivity index (χ0) is 42.3. The highest BCUT2D eigenvalue weighted by molar-refractivity contribution is 5.66. The highest BCUT2D eigenvalue weighted by Gasteiger charge is 2.85. The van der Waals surface area contributed by atoms with Crippen molar-refractivity contribution in [2.45, 2.75) is 205 Å². The largest absolute Gasteiger partial charge is 0.454 e. The minimum Gasteiger partial charge on any atom is -0.454 e. The predicted molar refractivity (Wildman–Crippen MR) is 206 cm³/mol. The van der Waals surface area contributed by atoms with Gasteiger partial charge >= 0.3 is 5.97 Å². The van der Waals surface area contributed by atoms with Gasteiger partial charge in [0.1, 0.15) is 36.6 Å². The minimum absolute atomic E-state index is 0.0171. The van der Waals surface area contributed by atoms with Gasteiger partial charge in [0.05, 0.1) is 43.2 Å². The first-order valence-corrected chi connectivity index (χ1v) is 22.0. The fraction of sp³-hybridized carbons (Fsp3) is 0.977. The van der Waals surface area contributed by atoms with Gasteiger partial charge in [-0.2, -0.15) is 0 Å². The van der Waals surface area contributed by atoms with Gasteiger partial charge in [0, 0.05) is 12.8 Å². The molecule has 8 rings (SSSR count). The van der Waals surface area contributed by atoms with Gasteiger partial charge in [-0.15, -0.1) is 0 Å². The summed E-state index contributed by atoms with van der Waals surface area (Å²) < 4.78 is 38.1. The lowest BCUT2D eigenvalue weighted by Gasteiger charge is -2.65. The van der Waals surface area contributed by atoms with Crippen molar-refractivity contribution < 1.29 is 69.0 Å². The quantitative estimate of drug-likeness (QED) is 0.145. The summed E-state index contributed by atoms with van der Waals surface area (Å²) in [6, 6.07) is 0. The molecule has 5 saturated carbocycles. The molecule has 21 atom stereocenters. The Morgan fingerprint density at radius 3 is 2.12 bits per heavy atom. The van der Waals surface area contributed by atoms with E-state index >= 15 is 0 Å². The number of hydrogen-bond acceptors (Lipinski definition) is 14. The third kappa shape index (κ3) is 6.18. The second kappa shape index (κ2) is 14.3. The van der Waals surface area contributed by atoms with Crippen molar-refractivity contribution in [1.29, 1.82) is 0 Å². The van der Waals surface area contributed by atoms with Gasteiger partial charge in [0.2, 0.25) is 0 Å². The zero-order valence-electron chi connectivity index (χ0n) is 36.0. The summed E-state index contributed by atoms with van der Waals surface area (Å²) in [7, 11) is 0. The van der Waals surface area contributed by atoms with Crippen LogP contribution >= 0.6 is 0 Å². The molecule has 5 aliphatic carbocycles. The molecule has 8 aliphatic rings. The maximum absolute atomic E-state index is 12.3. The van der Waals surface area contributed by atoms with Crippen LogP contribution in [0.2, 0.25) is 0 Å². The van der Waals surface area contributed by atoms with Gasteiger partial charge in [-0.3, -0.25) is 4.79 Å². The monoisotopic (exact) mass is 824 g/mol. The Bertz CT molecular complexity index is 1570. The van der Waals surface area contributed by atoms with Crippen LogP contribution in [0.3, 0.4) is 0 Å². The molecule has 0 bridgehead atoms. The topological polar surface area (TPSA) is 214 Å². The molecule has 3 heterocycles. The summed E-state index contributed by atoms with van der Waals surface area (Å²) >= 11 is 0. The van der Waals surface area contributed by atoms with Crippen molar-refractivity contribution in [3.05, 3.63) is 0 Å². The molecule has 0 aromatic heterocycles. The highest BCUT2D eigenvalue weighted by atomic mass is 16.7. The molecule has 3 saturated heterocycles. The Labute approximate surface area is 343 Å². The Morgan fingerprint density at radius 1 is 0.776 bits per heavy atom. The van der Waals surface area contributed by atoms with E-state index in [0.717, 1.165) is 38.5 Å². The van der Waals surface area contributed by atoms with Gasteiger partial charge in [0.25, 0.3) is 0 Å². The molecular formula is C44H72O14. The predicted octanol–water partition coefficient (Wildman–Crippen LogP) is 2.57. The average molecular weight is 825 g/mol. The van der Waals surface area contributed by atoms with Crippen LogP contribution in [0.15, 0.2) is 0 Å². The van der Waals surface area contributed by atoms with Crippen molar-refractivity contribution in [2.75, 3.05) is 13.2 Å². The van der Waals surface area contributed by atoms with Crippen LogP contribution in [0.25, 0.3) is 0 Å². The molecule has 2 spiro atoms. The molecule has 8 fully saturated rings. The van der Waals surface area contributed by atoms with Crippen molar-refractivity contribution in [3.63, 3.8) is 0 Å². The van der Waals surface area contributed by atoms with E-state index in [1.165, 1.54) is 6.92 Å². The van der Waals surface area contributed by atoms with E-state index in [1.54, 1.807) is 0 Å². The third-order valence-corrected chi connectivity index (χ3v) is 18.1. The first-order chi connectivity index (χ1) is 26.9. The molecule has 0 aromatic carbocycles. The molecule has 332 valence electrons. The lowest BCUT2D eigenvalue weighted by molar-refractivity contribution is -0.339. The van der Waals surface area contributed by atoms with E-state index < -0.39 is 97.2 Å². The second-order valence-electron chi connectivity index (χ2n) is 22.4. The highest BCUT2D eigenvalue weighted by Crippen LogP contribution is 2.89. The number of esters is 1. The first-order valence-electron chi connectivity index (χ1n) is 22.0. The Kier molecular flexibility index (Phi) is 10.7.